The topological polar surface area (TPSA) is 38.1 Å². The van der Waals surface area contributed by atoms with Crippen molar-refractivity contribution in [3.63, 3.8) is 0 Å². The predicted molar refractivity (Wildman–Crippen MR) is 66.8 cm³/mol. The number of nitrogens with zero attached hydrogens (tertiary/aromatic N) is 1. The average molecular weight is 236 g/mol. The number of hydrogen-bond donors (Lipinski definition) is 1. The third-order valence-electron chi connectivity index (χ3n) is 2.50. The third-order valence-corrected chi connectivity index (χ3v) is 3.49. The van der Waals surface area contributed by atoms with Crippen molar-refractivity contribution < 1.29 is 4.42 Å². The first kappa shape index (κ1) is 11.4. The monoisotopic (exact) mass is 236 g/mol. The number of thiophene rings is 1. The van der Waals surface area contributed by atoms with Crippen LogP contribution in [0.3, 0.4) is 0 Å². The van der Waals surface area contributed by atoms with Gasteiger partial charge in [0.1, 0.15) is 5.76 Å². The van der Waals surface area contributed by atoms with Gasteiger partial charge in [0.15, 0.2) is 0 Å². The van der Waals surface area contributed by atoms with Crippen molar-refractivity contribution in [2.24, 2.45) is 0 Å². The number of aromatic nitrogens is 1. The molecular weight excluding hydrogens is 220 g/mol. The maximum atomic E-state index is 5.71. The molecule has 16 heavy (non-hydrogen) atoms. The molecule has 1 unspecified atom stereocenters. The van der Waals surface area contributed by atoms with Gasteiger partial charge in [0, 0.05) is 17.3 Å². The van der Waals surface area contributed by atoms with Crippen molar-refractivity contribution in [2.45, 2.75) is 26.3 Å². The molecule has 4 heteroatoms. The fourth-order valence-corrected chi connectivity index (χ4v) is 2.27. The summed E-state index contributed by atoms with van der Waals surface area (Å²) in [7, 11) is 1.95. The molecule has 0 bridgehead atoms. The zero-order valence-electron chi connectivity index (χ0n) is 9.78. The van der Waals surface area contributed by atoms with Crippen LogP contribution < -0.4 is 5.32 Å². The van der Waals surface area contributed by atoms with E-state index in [9.17, 15) is 0 Å². The summed E-state index contributed by atoms with van der Waals surface area (Å²) in [6.45, 7) is 4.21. The molecule has 1 N–H and O–H groups in total. The predicted octanol–water partition coefficient (Wildman–Crippen LogP) is 2.86. The molecular formula is C12H16N2OS. The van der Waals surface area contributed by atoms with Crippen molar-refractivity contribution in [1.29, 1.82) is 0 Å². The van der Waals surface area contributed by atoms with Crippen molar-refractivity contribution in [3.05, 3.63) is 29.0 Å². The minimum atomic E-state index is 0.408. The highest BCUT2D eigenvalue weighted by atomic mass is 32.1. The second-order valence-electron chi connectivity index (χ2n) is 3.94. The van der Waals surface area contributed by atoms with Gasteiger partial charge in [-0.05, 0) is 33.0 Å². The number of likely N-dealkylation sites (N-methyl/N-ethyl adjacent to an activating group) is 1. The Morgan fingerprint density at radius 3 is 2.94 bits per heavy atom. The molecule has 0 saturated carbocycles. The maximum absolute atomic E-state index is 5.71. The Hall–Kier alpha value is -1.13. The van der Waals surface area contributed by atoms with Crippen LogP contribution in [0.5, 0.6) is 0 Å². The Bertz CT molecular complexity index is 461. The molecule has 0 fully saturated rings. The van der Waals surface area contributed by atoms with E-state index in [2.05, 4.69) is 36.3 Å². The standard InChI is InChI=1S/C12H16N2OS/c1-8(13-3)6-10-7-14-12(15-10)11-5-4-9(2)16-11/h4-5,7-8,13H,6H2,1-3H3. The summed E-state index contributed by atoms with van der Waals surface area (Å²) in [6, 6.07) is 4.54. The molecule has 2 heterocycles. The van der Waals surface area contributed by atoms with E-state index >= 15 is 0 Å². The first-order chi connectivity index (χ1) is 7.69. The summed E-state index contributed by atoms with van der Waals surface area (Å²) in [4.78, 5) is 6.68. The van der Waals surface area contributed by atoms with Crippen LogP contribution in [0.25, 0.3) is 10.8 Å². The first-order valence-corrected chi connectivity index (χ1v) is 6.19. The Kier molecular flexibility index (Phi) is 3.41. The number of oxazole rings is 1. The van der Waals surface area contributed by atoms with Crippen LogP contribution in [0.2, 0.25) is 0 Å². The molecule has 0 aliphatic carbocycles. The van der Waals surface area contributed by atoms with Crippen molar-refractivity contribution in [3.8, 4) is 10.8 Å². The molecule has 0 spiro atoms. The number of nitrogens with one attached hydrogen (secondary N) is 1. The summed E-state index contributed by atoms with van der Waals surface area (Å²) in [5.74, 6) is 1.67. The molecule has 0 aliphatic heterocycles. The molecule has 0 radical (unpaired) electrons. The van der Waals surface area contributed by atoms with Crippen LogP contribution in [0.4, 0.5) is 0 Å². The Morgan fingerprint density at radius 1 is 1.50 bits per heavy atom. The van der Waals surface area contributed by atoms with E-state index in [1.54, 1.807) is 11.3 Å². The molecule has 2 aromatic heterocycles. The SMILES string of the molecule is CNC(C)Cc1cnc(-c2ccc(C)s2)o1. The van der Waals surface area contributed by atoms with E-state index in [1.807, 2.05) is 13.2 Å². The van der Waals surface area contributed by atoms with Crippen LogP contribution in [0.15, 0.2) is 22.7 Å². The summed E-state index contributed by atoms with van der Waals surface area (Å²) in [5, 5.41) is 3.18. The van der Waals surface area contributed by atoms with Gasteiger partial charge in [-0.3, -0.25) is 0 Å². The Balaban J connectivity index is 2.13. The zero-order valence-corrected chi connectivity index (χ0v) is 10.6. The minimum Gasteiger partial charge on any atom is -0.440 e. The van der Waals surface area contributed by atoms with Gasteiger partial charge in [0.2, 0.25) is 5.89 Å². The van der Waals surface area contributed by atoms with Gasteiger partial charge in [-0.2, -0.15) is 0 Å². The molecule has 0 aromatic carbocycles. The van der Waals surface area contributed by atoms with E-state index in [0.717, 1.165) is 22.9 Å². The van der Waals surface area contributed by atoms with Crippen molar-refractivity contribution in [1.82, 2.24) is 10.3 Å². The molecule has 0 aliphatic rings. The maximum Gasteiger partial charge on any atom is 0.236 e. The van der Waals surface area contributed by atoms with Crippen LogP contribution in [0, 0.1) is 6.92 Å². The van der Waals surface area contributed by atoms with E-state index < -0.39 is 0 Å². The van der Waals surface area contributed by atoms with Crippen LogP contribution in [0.1, 0.15) is 17.6 Å². The van der Waals surface area contributed by atoms with Crippen molar-refractivity contribution in [2.75, 3.05) is 7.05 Å². The van der Waals surface area contributed by atoms with Gasteiger partial charge < -0.3 is 9.73 Å². The second kappa shape index (κ2) is 4.80. The normalized spacial score (nSPS) is 12.9. The summed E-state index contributed by atoms with van der Waals surface area (Å²) in [6.07, 6.45) is 2.69. The number of rotatable bonds is 4. The molecule has 3 nitrogen and oxygen atoms in total. The molecule has 0 saturated heterocycles. The largest absolute Gasteiger partial charge is 0.440 e. The van der Waals surface area contributed by atoms with E-state index in [-0.39, 0.29) is 0 Å². The number of hydrogen-bond acceptors (Lipinski definition) is 4. The first-order valence-electron chi connectivity index (χ1n) is 5.38. The number of aryl methyl sites for hydroxylation is 1. The lowest BCUT2D eigenvalue weighted by atomic mass is 10.2. The third kappa shape index (κ3) is 2.51. The second-order valence-corrected chi connectivity index (χ2v) is 5.22. The quantitative estimate of drug-likeness (QED) is 0.887. The zero-order chi connectivity index (χ0) is 11.5. The highest BCUT2D eigenvalue weighted by molar-refractivity contribution is 7.15. The smallest absolute Gasteiger partial charge is 0.236 e. The van der Waals surface area contributed by atoms with Crippen LogP contribution in [-0.2, 0) is 6.42 Å². The lowest BCUT2D eigenvalue weighted by molar-refractivity contribution is 0.479. The van der Waals surface area contributed by atoms with Crippen LogP contribution in [-0.4, -0.2) is 18.1 Å². The van der Waals surface area contributed by atoms with Crippen LogP contribution >= 0.6 is 11.3 Å². The molecule has 1 atom stereocenters. The van der Waals surface area contributed by atoms with Crippen molar-refractivity contribution >= 4 is 11.3 Å². The van der Waals surface area contributed by atoms with Gasteiger partial charge in [-0.15, -0.1) is 11.3 Å². The molecule has 2 aromatic rings. The Morgan fingerprint density at radius 2 is 2.31 bits per heavy atom. The van der Waals surface area contributed by atoms with Gasteiger partial charge in [0.05, 0.1) is 11.1 Å². The highest BCUT2D eigenvalue weighted by Gasteiger charge is 2.10. The van der Waals surface area contributed by atoms with Gasteiger partial charge in [-0.1, -0.05) is 0 Å². The van der Waals surface area contributed by atoms with E-state index in [4.69, 9.17) is 4.42 Å². The summed E-state index contributed by atoms with van der Waals surface area (Å²) in [5.41, 5.74) is 0. The van der Waals surface area contributed by atoms with Gasteiger partial charge in [-0.25, -0.2) is 4.98 Å². The average Bonchev–Trinajstić information content (AvgIpc) is 2.87. The lowest BCUT2D eigenvalue weighted by Gasteiger charge is -2.05. The highest BCUT2D eigenvalue weighted by Crippen LogP contribution is 2.27. The summed E-state index contributed by atoms with van der Waals surface area (Å²) < 4.78 is 5.71. The fraction of sp³-hybridized carbons (Fsp3) is 0.417. The Labute approximate surface area is 99.5 Å². The molecule has 0 amide bonds. The van der Waals surface area contributed by atoms with E-state index in [0.29, 0.717) is 6.04 Å². The molecule has 86 valence electrons. The van der Waals surface area contributed by atoms with Gasteiger partial charge in [0.25, 0.3) is 0 Å². The molecule has 2 rings (SSSR count). The fourth-order valence-electron chi connectivity index (χ4n) is 1.47. The van der Waals surface area contributed by atoms with E-state index in [1.165, 1.54) is 4.88 Å². The minimum absolute atomic E-state index is 0.408. The lowest BCUT2D eigenvalue weighted by Crippen LogP contribution is -2.23. The van der Waals surface area contributed by atoms with Gasteiger partial charge >= 0.3 is 0 Å². The summed E-state index contributed by atoms with van der Waals surface area (Å²) >= 11 is 1.71.